The molecule has 7 heteroatoms. The number of ether oxygens (including phenoxy) is 1. The van der Waals surface area contributed by atoms with Crippen molar-refractivity contribution in [3.8, 4) is 16.9 Å². The van der Waals surface area contributed by atoms with E-state index in [9.17, 15) is 14.4 Å². The summed E-state index contributed by atoms with van der Waals surface area (Å²) in [6.45, 7) is 4.09. The Kier molecular flexibility index (Phi) is 4.94. The van der Waals surface area contributed by atoms with E-state index in [1.807, 2.05) is 30.3 Å². The van der Waals surface area contributed by atoms with Crippen molar-refractivity contribution in [3.63, 3.8) is 0 Å². The number of methoxy groups -OCH3 is 1. The first-order chi connectivity index (χ1) is 14.8. The van der Waals surface area contributed by atoms with Gasteiger partial charge in [-0.2, -0.15) is 0 Å². The average Bonchev–Trinajstić information content (AvgIpc) is 3.08. The molecule has 1 heterocycles. The van der Waals surface area contributed by atoms with E-state index in [0.29, 0.717) is 23.4 Å². The van der Waals surface area contributed by atoms with Crippen molar-refractivity contribution in [2.75, 3.05) is 13.7 Å². The lowest BCUT2D eigenvalue weighted by Gasteiger charge is -2.15. The maximum atomic E-state index is 12.8. The molecule has 0 aliphatic carbocycles. The first-order valence-electron chi connectivity index (χ1n) is 9.60. The van der Waals surface area contributed by atoms with Crippen LogP contribution < -0.4 is 16.2 Å². The SMILES string of the molecule is C=C(CN1Cc2c(ccc3ccc(-c4cc(OC)cc(C(N)=O)c4)cc23)C1=O)C(N)=O. The van der Waals surface area contributed by atoms with Gasteiger partial charge in [-0.15, -0.1) is 0 Å². The summed E-state index contributed by atoms with van der Waals surface area (Å²) in [5, 5.41) is 1.89. The topological polar surface area (TPSA) is 116 Å². The zero-order valence-electron chi connectivity index (χ0n) is 17.0. The fraction of sp³-hybridized carbons (Fsp3) is 0.125. The minimum absolute atomic E-state index is 0.0852. The molecule has 0 saturated carbocycles. The first kappa shape index (κ1) is 20.2. The molecular weight excluding hydrogens is 394 g/mol. The minimum atomic E-state index is -0.626. The maximum Gasteiger partial charge on any atom is 0.254 e. The Hall–Kier alpha value is -4.13. The van der Waals surface area contributed by atoms with Crippen LogP contribution in [0.3, 0.4) is 0 Å². The van der Waals surface area contributed by atoms with E-state index in [4.69, 9.17) is 16.2 Å². The van der Waals surface area contributed by atoms with Gasteiger partial charge in [0.15, 0.2) is 0 Å². The second kappa shape index (κ2) is 7.60. The highest BCUT2D eigenvalue weighted by Crippen LogP contribution is 2.34. The van der Waals surface area contributed by atoms with Gasteiger partial charge in [-0.3, -0.25) is 14.4 Å². The summed E-state index contributed by atoms with van der Waals surface area (Å²) >= 11 is 0. The van der Waals surface area contributed by atoms with Crippen LogP contribution in [0.4, 0.5) is 0 Å². The summed E-state index contributed by atoms with van der Waals surface area (Å²) in [4.78, 5) is 37.4. The molecule has 0 unspecified atom stereocenters. The normalized spacial score (nSPS) is 12.7. The van der Waals surface area contributed by atoms with Crippen LogP contribution in [0.1, 0.15) is 26.3 Å². The zero-order chi connectivity index (χ0) is 22.3. The van der Waals surface area contributed by atoms with Crippen molar-refractivity contribution in [1.29, 1.82) is 0 Å². The average molecular weight is 415 g/mol. The van der Waals surface area contributed by atoms with E-state index in [0.717, 1.165) is 27.5 Å². The van der Waals surface area contributed by atoms with Crippen molar-refractivity contribution in [1.82, 2.24) is 4.90 Å². The Balaban J connectivity index is 1.79. The van der Waals surface area contributed by atoms with Crippen LogP contribution >= 0.6 is 0 Å². The van der Waals surface area contributed by atoms with Crippen molar-refractivity contribution >= 4 is 28.5 Å². The fourth-order valence-corrected chi connectivity index (χ4v) is 3.83. The maximum absolute atomic E-state index is 12.8. The predicted octanol–water partition coefficient (Wildman–Crippen LogP) is 2.61. The molecule has 4 rings (SSSR count). The number of amides is 3. The number of rotatable bonds is 6. The van der Waals surface area contributed by atoms with Gasteiger partial charge >= 0.3 is 0 Å². The Labute approximate surface area is 178 Å². The summed E-state index contributed by atoms with van der Waals surface area (Å²) in [6, 6.07) is 14.7. The lowest BCUT2D eigenvalue weighted by Crippen LogP contribution is -2.30. The van der Waals surface area contributed by atoms with Gasteiger partial charge in [0.2, 0.25) is 11.8 Å². The van der Waals surface area contributed by atoms with Crippen LogP contribution in [0.2, 0.25) is 0 Å². The quantitative estimate of drug-likeness (QED) is 0.602. The standard InChI is InChI=1S/C24H21N3O4/c1-13(22(25)28)11-27-12-21-19(24(27)30)6-5-14-3-4-15(10-20(14)21)16-7-17(23(26)29)9-18(8-16)31-2/h3-10H,1,11-12H2,2H3,(H2,25,28)(H2,26,29). The van der Waals surface area contributed by atoms with Crippen molar-refractivity contribution in [3.05, 3.63) is 77.4 Å². The molecule has 31 heavy (non-hydrogen) atoms. The number of primary amides is 2. The molecule has 0 aromatic heterocycles. The first-order valence-corrected chi connectivity index (χ1v) is 9.60. The number of hydrogen-bond donors (Lipinski definition) is 2. The highest BCUT2D eigenvalue weighted by Gasteiger charge is 2.29. The molecule has 4 N–H and O–H groups in total. The summed E-state index contributed by atoms with van der Waals surface area (Å²) < 4.78 is 5.31. The number of nitrogens with two attached hydrogens (primary N) is 2. The summed E-state index contributed by atoms with van der Waals surface area (Å²) in [5.74, 6) is -0.810. The second-order valence-electron chi connectivity index (χ2n) is 7.47. The molecule has 7 nitrogen and oxygen atoms in total. The number of benzene rings is 3. The predicted molar refractivity (Wildman–Crippen MR) is 118 cm³/mol. The monoisotopic (exact) mass is 415 g/mol. The smallest absolute Gasteiger partial charge is 0.254 e. The van der Waals surface area contributed by atoms with E-state index >= 15 is 0 Å². The fourth-order valence-electron chi connectivity index (χ4n) is 3.83. The van der Waals surface area contributed by atoms with E-state index in [1.54, 1.807) is 23.1 Å². The van der Waals surface area contributed by atoms with Gasteiger partial charge in [0.05, 0.1) is 13.7 Å². The molecule has 1 aliphatic rings. The highest BCUT2D eigenvalue weighted by molar-refractivity contribution is 6.06. The Morgan fingerprint density at radius 2 is 1.81 bits per heavy atom. The Morgan fingerprint density at radius 1 is 1.06 bits per heavy atom. The molecule has 3 aromatic rings. The number of nitrogens with zero attached hydrogens (tertiary/aromatic N) is 1. The van der Waals surface area contributed by atoms with E-state index < -0.39 is 11.8 Å². The van der Waals surface area contributed by atoms with E-state index in [2.05, 4.69) is 6.58 Å². The zero-order valence-corrected chi connectivity index (χ0v) is 17.0. The third kappa shape index (κ3) is 3.61. The van der Waals surface area contributed by atoms with Crippen molar-refractivity contribution in [2.24, 2.45) is 11.5 Å². The second-order valence-corrected chi connectivity index (χ2v) is 7.47. The summed E-state index contributed by atoms with van der Waals surface area (Å²) in [7, 11) is 1.53. The number of fused-ring (bicyclic) bond motifs is 3. The van der Waals surface area contributed by atoms with Crippen molar-refractivity contribution in [2.45, 2.75) is 6.54 Å². The van der Waals surface area contributed by atoms with Gasteiger partial charge in [-0.1, -0.05) is 24.8 Å². The van der Waals surface area contributed by atoms with Gasteiger partial charge in [-0.05, 0) is 57.8 Å². The highest BCUT2D eigenvalue weighted by atomic mass is 16.5. The summed E-state index contributed by atoms with van der Waals surface area (Å²) in [6.07, 6.45) is 0. The lowest BCUT2D eigenvalue weighted by atomic mass is 9.95. The molecule has 0 atom stereocenters. The van der Waals surface area contributed by atoms with Gasteiger partial charge in [0.25, 0.3) is 5.91 Å². The lowest BCUT2D eigenvalue weighted by molar-refractivity contribution is -0.114. The van der Waals surface area contributed by atoms with E-state index in [1.165, 1.54) is 7.11 Å². The third-order valence-electron chi connectivity index (χ3n) is 5.49. The minimum Gasteiger partial charge on any atom is -0.497 e. The Bertz CT molecular complexity index is 1280. The van der Waals surface area contributed by atoms with Crippen LogP contribution in [-0.2, 0) is 11.3 Å². The third-order valence-corrected chi connectivity index (χ3v) is 5.49. The molecular formula is C24H21N3O4. The van der Waals surface area contributed by atoms with Gasteiger partial charge in [0, 0.05) is 23.2 Å². The molecule has 156 valence electrons. The van der Waals surface area contributed by atoms with Gasteiger partial charge < -0.3 is 21.1 Å². The number of carbonyl (C=O) groups is 3. The van der Waals surface area contributed by atoms with Crippen LogP contribution in [0.25, 0.3) is 21.9 Å². The molecule has 0 fully saturated rings. The summed E-state index contributed by atoms with van der Waals surface area (Å²) in [5.41, 5.74) is 14.4. The molecule has 3 aromatic carbocycles. The van der Waals surface area contributed by atoms with Crippen LogP contribution in [0.5, 0.6) is 5.75 Å². The van der Waals surface area contributed by atoms with Crippen LogP contribution in [-0.4, -0.2) is 36.3 Å². The molecule has 1 aliphatic heterocycles. The largest absolute Gasteiger partial charge is 0.497 e. The van der Waals surface area contributed by atoms with Gasteiger partial charge in [-0.25, -0.2) is 0 Å². The molecule has 0 saturated heterocycles. The molecule has 0 bridgehead atoms. The number of carbonyl (C=O) groups excluding carboxylic acids is 3. The molecule has 0 radical (unpaired) electrons. The van der Waals surface area contributed by atoms with Crippen LogP contribution in [0.15, 0.2) is 60.7 Å². The van der Waals surface area contributed by atoms with Gasteiger partial charge in [0.1, 0.15) is 5.75 Å². The molecule has 3 amide bonds. The van der Waals surface area contributed by atoms with Crippen LogP contribution in [0, 0.1) is 0 Å². The Morgan fingerprint density at radius 3 is 2.48 bits per heavy atom. The van der Waals surface area contributed by atoms with Crippen molar-refractivity contribution < 1.29 is 19.1 Å². The van der Waals surface area contributed by atoms with E-state index in [-0.39, 0.29) is 18.0 Å². The number of hydrogen-bond acceptors (Lipinski definition) is 4. The molecule has 0 spiro atoms.